The predicted octanol–water partition coefficient (Wildman–Crippen LogP) is 1.27. The summed E-state index contributed by atoms with van der Waals surface area (Å²) in [5.41, 5.74) is 0. The van der Waals surface area contributed by atoms with Crippen LogP contribution in [0.5, 0.6) is 0 Å². The van der Waals surface area contributed by atoms with Crippen molar-refractivity contribution in [2.24, 2.45) is 11.8 Å². The Morgan fingerprint density at radius 1 is 1.09 bits per heavy atom. The quantitative estimate of drug-likeness (QED) is 0.539. The third-order valence-corrected chi connectivity index (χ3v) is 6.56. The Kier molecular flexibility index (Phi) is 6.58. The van der Waals surface area contributed by atoms with Crippen molar-refractivity contribution in [3.63, 3.8) is 0 Å². The Bertz CT molecular complexity index is 84.1. The Morgan fingerprint density at radius 3 is 1.64 bits per heavy atom. The van der Waals surface area contributed by atoms with Crippen LogP contribution in [0.3, 0.4) is 0 Å². The fourth-order valence-electron chi connectivity index (χ4n) is 1.76. The maximum Gasteiger partial charge on any atom is 0.209 e. The lowest BCUT2D eigenvalue weighted by Crippen LogP contribution is -2.26. The molecule has 0 rings (SSSR count). The van der Waals surface area contributed by atoms with Gasteiger partial charge in [0, 0.05) is 5.94 Å². The van der Waals surface area contributed by atoms with E-state index in [2.05, 4.69) is 35.4 Å². The molecule has 0 saturated carbocycles. The molecule has 11 heavy (non-hydrogen) atoms. The summed E-state index contributed by atoms with van der Waals surface area (Å²) in [6.07, 6.45) is 0. The molecule has 0 aliphatic carbocycles. The van der Waals surface area contributed by atoms with E-state index in [1.54, 1.807) is 10.6 Å². The van der Waals surface area contributed by atoms with Gasteiger partial charge in [0.1, 0.15) is 0 Å². The first-order chi connectivity index (χ1) is 5.06. The van der Waals surface area contributed by atoms with Crippen LogP contribution in [0.15, 0.2) is 0 Å². The number of hydrogen-bond donors (Lipinski definition) is 0. The molecule has 0 aliphatic heterocycles. The zero-order valence-corrected chi connectivity index (χ0v) is 10.0. The summed E-state index contributed by atoms with van der Waals surface area (Å²) >= 11 is -0.329. The van der Waals surface area contributed by atoms with Gasteiger partial charge in [0.2, 0.25) is 14.0 Å². The minimum atomic E-state index is -0.329. The van der Waals surface area contributed by atoms with Crippen molar-refractivity contribution in [3.05, 3.63) is 0 Å². The molecule has 0 unspecified atom stereocenters. The Hall–Kier alpha value is 0.662. The molecule has 62 valence electrons. The van der Waals surface area contributed by atoms with E-state index in [-0.39, 0.29) is 14.0 Å². The summed E-state index contributed by atoms with van der Waals surface area (Å²) in [5, 5.41) is 3.10. The lowest BCUT2D eigenvalue weighted by atomic mass is 9.78. The summed E-state index contributed by atoms with van der Waals surface area (Å²) < 4.78 is 0. The van der Waals surface area contributed by atoms with Crippen molar-refractivity contribution in [3.8, 4) is 0 Å². The van der Waals surface area contributed by atoms with Crippen molar-refractivity contribution < 1.29 is 0 Å². The van der Waals surface area contributed by atoms with E-state index in [1.165, 1.54) is 5.94 Å². The highest BCUT2D eigenvalue weighted by Crippen LogP contribution is 2.12. The zero-order valence-electron chi connectivity index (χ0n) is 8.85. The molecule has 0 aromatic heterocycles. The van der Waals surface area contributed by atoms with Gasteiger partial charge in [-0.15, -0.1) is 0 Å². The second-order valence-corrected chi connectivity index (χ2v) is 8.02. The largest absolute Gasteiger partial charge is 0.209 e. The maximum atomic E-state index is 2.38. The van der Waals surface area contributed by atoms with Gasteiger partial charge in [-0.05, 0) is 0 Å². The molecule has 0 aliphatic rings. The van der Waals surface area contributed by atoms with E-state index in [9.17, 15) is 0 Å². The Balaban J connectivity index is 3.58. The summed E-state index contributed by atoms with van der Waals surface area (Å²) in [7, 11) is 2.38. The van der Waals surface area contributed by atoms with E-state index in [0.29, 0.717) is 0 Å². The van der Waals surface area contributed by atoms with Gasteiger partial charge in [0.15, 0.2) is 0 Å². The highest BCUT2D eigenvalue weighted by Gasteiger charge is 2.16. The first-order valence-corrected chi connectivity index (χ1v) is 7.51. The topological polar surface area (TPSA) is 0 Å². The normalized spacial score (nSPS) is 10.7. The van der Waals surface area contributed by atoms with Crippen molar-refractivity contribution in [1.29, 1.82) is 0 Å². The number of hydrogen-bond acceptors (Lipinski definition) is 0. The van der Waals surface area contributed by atoms with Crippen LogP contribution in [0.1, 0.15) is 27.7 Å². The molecule has 0 atom stereocenters. The first kappa shape index (κ1) is 11.7. The second kappa shape index (κ2) is 6.21. The maximum absolute atomic E-state index is 2.38. The molecular weight excluding hydrogens is 145 g/mol. The average molecular weight is 166 g/mol. The average Bonchev–Trinajstić information content (AvgIpc) is 1.84. The van der Waals surface area contributed by atoms with Gasteiger partial charge in [-0.1, -0.05) is 50.1 Å². The van der Waals surface area contributed by atoms with Crippen LogP contribution < -0.4 is 0 Å². The zero-order chi connectivity index (χ0) is 8.85. The van der Waals surface area contributed by atoms with Crippen molar-refractivity contribution in [2.75, 3.05) is 0 Å². The minimum absolute atomic E-state index is 0.329. The molecule has 0 aromatic carbocycles. The third kappa shape index (κ3) is 7.04. The minimum Gasteiger partial charge on any atom is -0.0993 e. The van der Waals surface area contributed by atoms with Crippen LogP contribution in [0.4, 0.5) is 0 Å². The van der Waals surface area contributed by atoms with Crippen molar-refractivity contribution in [1.82, 2.24) is 0 Å². The lowest BCUT2D eigenvalue weighted by Gasteiger charge is -2.13. The molecule has 0 spiro atoms. The van der Waals surface area contributed by atoms with Crippen molar-refractivity contribution >= 4 is 27.7 Å². The van der Waals surface area contributed by atoms with Crippen LogP contribution in [-0.2, 0) is 0 Å². The highest BCUT2D eigenvalue weighted by molar-refractivity contribution is 7.31. The van der Waals surface area contributed by atoms with Crippen molar-refractivity contribution in [2.45, 2.75) is 38.3 Å². The smallest absolute Gasteiger partial charge is 0.0993 e. The van der Waals surface area contributed by atoms with Gasteiger partial charge in [0.05, 0.1) is 7.74 Å². The summed E-state index contributed by atoms with van der Waals surface area (Å²) in [6, 6.07) is 0. The van der Waals surface area contributed by atoms with Gasteiger partial charge in [0.25, 0.3) is 0 Å². The van der Waals surface area contributed by atoms with Crippen LogP contribution in [0.25, 0.3) is 0 Å². The van der Waals surface area contributed by atoms with Gasteiger partial charge >= 0.3 is 0 Å². The lowest BCUT2D eigenvalue weighted by molar-refractivity contribution is 0.697. The first-order valence-electron chi connectivity index (χ1n) is 5.06. The van der Waals surface area contributed by atoms with Gasteiger partial charge in [-0.3, -0.25) is 0 Å². The van der Waals surface area contributed by atoms with Crippen LogP contribution in [0, 0.1) is 11.8 Å². The highest BCUT2D eigenvalue weighted by atomic mass is 27.2. The van der Waals surface area contributed by atoms with E-state index in [0.717, 1.165) is 11.8 Å². The van der Waals surface area contributed by atoms with Gasteiger partial charge in [-0.2, -0.15) is 0 Å². The number of rotatable bonds is 5. The standard InChI is InChI=1S/2C4H9.Al.B2H3/c2*1-4(2)3;;1-2/h2*4H,1H2,2-3H3;;1H,2H2/q;;-1;+1. The third-order valence-electron chi connectivity index (χ3n) is 2.19. The molecule has 0 aromatic rings. The van der Waals surface area contributed by atoms with E-state index in [4.69, 9.17) is 0 Å². The van der Waals surface area contributed by atoms with Crippen LogP contribution >= 0.6 is 0 Å². The molecule has 0 nitrogen and oxygen atoms in total. The molecule has 0 radical (unpaired) electrons. The monoisotopic (exact) mass is 166 g/mol. The van der Waals surface area contributed by atoms with Crippen LogP contribution in [0.2, 0.25) is 10.6 Å². The molecule has 0 fully saturated rings. The van der Waals surface area contributed by atoms with Crippen LogP contribution in [-0.4, -0.2) is 27.7 Å². The molecule has 0 saturated heterocycles. The Labute approximate surface area is 78.0 Å². The Morgan fingerprint density at radius 2 is 1.45 bits per heavy atom. The fourth-order valence-corrected chi connectivity index (χ4v) is 5.29. The van der Waals surface area contributed by atoms with E-state index in [1.807, 2.05) is 0 Å². The molecule has 0 bridgehead atoms. The fraction of sp³-hybridized carbons (Fsp3) is 1.00. The molecule has 3 heteroatoms. The van der Waals surface area contributed by atoms with E-state index < -0.39 is 0 Å². The summed E-state index contributed by atoms with van der Waals surface area (Å²) in [5.74, 6) is 3.37. The van der Waals surface area contributed by atoms with Gasteiger partial charge < -0.3 is 0 Å². The summed E-state index contributed by atoms with van der Waals surface area (Å²) in [6.45, 7) is 9.43. The second-order valence-electron chi connectivity index (χ2n) is 4.53. The molecule has 0 heterocycles. The molecule has 0 N–H and O–H groups in total. The SMILES string of the molecule is B[BH][Al]([CH2]C(C)C)[CH2]C(C)C. The van der Waals surface area contributed by atoms with E-state index >= 15 is 0 Å². The van der Waals surface area contributed by atoms with Gasteiger partial charge in [-0.25, -0.2) is 0 Å². The molecular formula is C8H21AlB2. The molecule has 0 amide bonds. The summed E-state index contributed by atoms with van der Waals surface area (Å²) in [4.78, 5) is 0. The predicted molar refractivity (Wildman–Crippen MR) is 60.7 cm³/mol.